The van der Waals surface area contributed by atoms with Gasteiger partial charge >= 0.3 is 0 Å². The van der Waals surface area contributed by atoms with Crippen LogP contribution in [0.15, 0.2) is 48.7 Å². The number of amides is 1. The highest BCUT2D eigenvalue weighted by Crippen LogP contribution is 2.31. The lowest BCUT2D eigenvalue weighted by atomic mass is 10.0. The minimum Gasteiger partial charge on any atom is -0.483 e. The Bertz CT molecular complexity index is 1420. The normalized spacial score (nSPS) is 16.8. The first-order valence-electron chi connectivity index (χ1n) is 14.0. The average molecular weight is 580 g/mol. The molecule has 10 nitrogen and oxygen atoms in total. The lowest BCUT2D eigenvalue weighted by Crippen LogP contribution is -2.33. The molecule has 1 atom stereocenters. The van der Waals surface area contributed by atoms with Crippen molar-refractivity contribution in [1.82, 2.24) is 24.9 Å². The first-order valence-corrected chi connectivity index (χ1v) is 14.8. The number of nitrogens with zero attached hydrogens (tertiary/aromatic N) is 3. The molecule has 2 saturated heterocycles. The van der Waals surface area contributed by atoms with Crippen LogP contribution in [0.1, 0.15) is 60.5 Å². The van der Waals surface area contributed by atoms with Crippen LogP contribution in [-0.2, 0) is 9.59 Å². The Kier molecular flexibility index (Phi) is 11.2. The summed E-state index contributed by atoms with van der Waals surface area (Å²) in [7, 11) is 0. The van der Waals surface area contributed by atoms with Gasteiger partial charge in [-0.1, -0.05) is 42.0 Å². The minimum atomic E-state index is -0.250. The Morgan fingerprint density at radius 1 is 1.05 bits per heavy atom. The third-order valence-electron chi connectivity index (χ3n) is 7.41. The fourth-order valence-electron chi connectivity index (χ4n) is 5.43. The smallest absolute Gasteiger partial charge is 0.290 e. The van der Waals surface area contributed by atoms with Crippen molar-refractivity contribution < 1.29 is 24.6 Å². The molecule has 11 heteroatoms. The van der Waals surface area contributed by atoms with Gasteiger partial charge in [0.05, 0.1) is 15.9 Å². The Balaban J connectivity index is 0.000000596. The second kappa shape index (κ2) is 15.3. The summed E-state index contributed by atoms with van der Waals surface area (Å²) in [6, 6.07) is 15.3. The van der Waals surface area contributed by atoms with Crippen molar-refractivity contribution in [3.05, 3.63) is 59.8 Å². The summed E-state index contributed by atoms with van der Waals surface area (Å²) in [5, 5.41) is 20.4. The number of fused-ring (bicyclic) bond motifs is 3. The Hall–Kier alpha value is -3.80. The number of likely N-dealkylation sites (tertiary alicyclic amines) is 1. The van der Waals surface area contributed by atoms with E-state index < -0.39 is 0 Å². The van der Waals surface area contributed by atoms with Gasteiger partial charge in [-0.25, -0.2) is 4.98 Å². The molecule has 0 bridgehead atoms. The molecule has 4 aromatic rings. The summed E-state index contributed by atoms with van der Waals surface area (Å²) < 4.78 is 3.23. The number of aromatic nitrogens is 2. The third-order valence-corrected chi connectivity index (χ3v) is 8.43. The number of carbonyl (C=O) groups is 3. The monoisotopic (exact) mass is 579 g/mol. The molecule has 0 spiro atoms. The molecule has 2 aromatic carbocycles. The maximum Gasteiger partial charge on any atom is 0.290 e. The number of carboxylic acid groups (broad SMARTS) is 2. The van der Waals surface area contributed by atoms with Crippen molar-refractivity contribution in [2.45, 2.75) is 44.6 Å². The molecule has 0 radical (unpaired) electrons. The largest absolute Gasteiger partial charge is 0.483 e. The SMILES string of the molecule is O=C(NCCCN1CCCCC1)c1ccc2c(c1)sc1nc(-c3ccc([C@@H]4CCCN4)cc3)cn12.O=CO.O=CO. The van der Waals surface area contributed by atoms with Crippen molar-refractivity contribution in [2.24, 2.45) is 0 Å². The highest BCUT2D eigenvalue weighted by atomic mass is 32.1. The summed E-state index contributed by atoms with van der Waals surface area (Å²) in [5.74, 6) is 0.00844. The number of hydrogen-bond acceptors (Lipinski definition) is 7. The number of carbonyl (C=O) groups excluding carboxylic acids is 1. The zero-order valence-corrected chi connectivity index (χ0v) is 23.8. The van der Waals surface area contributed by atoms with Gasteiger partial charge in [-0.2, -0.15) is 0 Å². The molecule has 0 aliphatic carbocycles. The van der Waals surface area contributed by atoms with E-state index in [4.69, 9.17) is 24.8 Å². The average Bonchev–Trinajstić information content (AvgIpc) is 3.74. The van der Waals surface area contributed by atoms with E-state index in [1.165, 1.54) is 50.8 Å². The number of hydrogen-bond donors (Lipinski definition) is 4. The molecular formula is C30H37N5O5S. The molecule has 0 unspecified atom stereocenters. The summed E-state index contributed by atoms with van der Waals surface area (Å²) in [5.41, 5.74) is 5.29. The van der Waals surface area contributed by atoms with Crippen LogP contribution >= 0.6 is 11.3 Å². The molecule has 218 valence electrons. The van der Waals surface area contributed by atoms with Crippen LogP contribution in [0.4, 0.5) is 0 Å². The Morgan fingerprint density at radius 3 is 2.46 bits per heavy atom. The van der Waals surface area contributed by atoms with Gasteiger partial charge < -0.3 is 25.7 Å². The van der Waals surface area contributed by atoms with E-state index in [1.807, 2.05) is 18.2 Å². The van der Waals surface area contributed by atoms with Gasteiger partial charge in [0.25, 0.3) is 18.9 Å². The first kappa shape index (κ1) is 30.2. The number of rotatable bonds is 7. The lowest BCUT2D eigenvalue weighted by Gasteiger charge is -2.26. The van der Waals surface area contributed by atoms with Crippen molar-refractivity contribution in [3.63, 3.8) is 0 Å². The Labute approximate surface area is 243 Å². The quantitative estimate of drug-likeness (QED) is 0.184. The fraction of sp³-hybridized carbons (Fsp3) is 0.400. The number of benzene rings is 2. The third kappa shape index (κ3) is 7.90. The second-order valence-corrected chi connectivity index (χ2v) is 11.1. The highest BCUT2D eigenvalue weighted by molar-refractivity contribution is 7.23. The molecule has 2 fully saturated rings. The molecule has 2 aliphatic heterocycles. The first-order chi connectivity index (χ1) is 20.1. The van der Waals surface area contributed by atoms with Crippen molar-refractivity contribution in [2.75, 3.05) is 32.7 Å². The lowest BCUT2D eigenvalue weighted by molar-refractivity contribution is -0.123. The van der Waals surface area contributed by atoms with Crippen LogP contribution in [0.3, 0.4) is 0 Å². The number of imidazole rings is 1. The topological polar surface area (TPSA) is 136 Å². The molecule has 41 heavy (non-hydrogen) atoms. The van der Waals surface area contributed by atoms with Gasteiger partial charge in [0.15, 0.2) is 4.96 Å². The van der Waals surface area contributed by atoms with E-state index in [1.54, 1.807) is 11.3 Å². The van der Waals surface area contributed by atoms with Crippen molar-refractivity contribution in [3.8, 4) is 11.3 Å². The molecule has 0 saturated carbocycles. The maximum atomic E-state index is 12.7. The number of nitrogens with one attached hydrogen (secondary N) is 2. The van der Waals surface area contributed by atoms with Crippen LogP contribution in [0, 0.1) is 0 Å². The number of piperidine rings is 1. The zero-order chi connectivity index (χ0) is 29.0. The molecular weight excluding hydrogens is 542 g/mol. The molecule has 4 heterocycles. The summed E-state index contributed by atoms with van der Waals surface area (Å²) in [4.78, 5) is 37.8. The van der Waals surface area contributed by atoms with E-state index in [0.29, 0.717) is 6.04 Å². The minimum absolute atomic E-state index is 0.00844. The Morgan fingerprint density at radius 2 is 1.78 bits per heavy atom. The summed E-state index contributed by atoms with van der Waals surface area (Å²) in [6.07, 6.45) is 9.54. The van der Waals surface area contributed by atoms with Crippen molar-refractivity contribution in [1.29, 1.82) is 0 Å². The second-order valence-electron chi connectivity index (χ2n) is 10.1. The van der Waals surface area contributed by atoms with Gasteiger partial charge in [-0.15, -0.1) is 0 Å². The molecule has 2 aliphatic rings. The molecule has 2 aromatic heterocycles. The van der Waals surface area contributed by atoms with Gasteiger partial charge in [0, 0.05) is 29.9 Å². The van der Waals surface area contributed by atoms with Crippen LogP contribution in [0.25, 0.3) is 26.4 Å². The van der Waals surface area contributed by atoms with E-state index in [9.17, 15) is 4.79 Å². The van der Waals surface area contributed by atoms with Gasteiger partial charge in [0.2, 0.25) is 0 Å². The van der Waals surface area contributed by atoms with Crippen LogP contribution in [0.2, 0.25) is 0 Å². The van der Waals surface area contributed by atoms with Gasteiger partial charge in [-0.3, -0.25) is 18.8 Å². The highest BCUT2D eigenvalue weighted by Gasteiger charge is 2.17. The van der Waals surface area contributed by atoms with E-state index in [2.05, 4.69) is 50.4 Å². The zero-order valence-electron chi connectivity index (χ0n) is 23.0. The summed E-state index contributed by atoms with van der Waals surface area (Å²) in [6.45, 7) is 4.81. The molecule has 4 N–H and O–H groups in total. The predicted molar refractivity (Wildman–Crippen MR) is 161 cm³/mol. The van der Waals surface area contributed by atoms with Crippen LogP contribution in [-0.4, -0.2) is 76.1 Å². The van der Waals surface area contributed by atoms with Gasteiger partial charge in [0.1, 0.15) is 0 Å². The molecule has 6 rings (SSSR count). The maximum absolute atomic E-state index is 12.7. The fourth-order valence-corrected chi connectivity index (χ4v) is 6.47. The standard InChI is InChI=1S/C28H33N5OS.2CH2O2/c34-27(30-14-5-17-32-15-2-1-3-16-32)22-11-12-25-26(18-22)35-28-31-24(19-33(25)28)21-9-7-20(8-10-21)23-6-4-13-29-23;2*2-1-3/h7-12,18-19,23,29H,1-6,13-17H2,(H,30,34);2*1H,(H,2,3)/t23-;;/m0../s1. The summed E-state index contributed by atoms with van der Waals surface area (Å²) >= 11 is 1.63. The van der Waals surface area contributed by atoms with Crippen molar-refractivity contribution >= 4 is 45.4 Å². The van der Waals surface area contributed by atoms with Crippen LogP contribution in [0.5, 0.6) is 0 Å². The molecule has 1 amide bonds. The van der Waals surface area contributed by atoms with E-state index in [-0.39, 0.29) is 18.9 Å². The van der Waals surface area contributed by atoms with Gasteiger partial charge in [-0.05, 0) is 82.0 Å². The van der Waals surface area contributed by atoms with E-state index in [0.717, 1.165) is 58.1 Å². The predicted octanol–water partition coefficient (Wildman–Crippen LogP) is 4.65. The van der Waals surface area contributed by atoms with E-state index >= 15 is 0 Å². The number of thiazole rings is 1. The van der Waals surface area contributed by atoms with Crippen LogP contribution < -0.4 is 10.6 Å².